The van der Waals surface area contributed by atoms with Crippen molar-refractivity contribution in [2.24, 2.45) is 5.73 Å². The molecule has 4 N–H and O–H groups in total. The molecule has 1 aliphatic carbocycles. The monoisotopic (exact) mass is 248 g/mol. The van der Waals surface area contributed by atoms with E-state index in [2.05, 4.69) is 9.88 Å². The average molecular weight is 248 g/mol. The van der Waals surface area contributed by atoms with Crippen molar-refractivity contribution in [1.82, 2.24) is 4.98 Å². The summed E-state index contributed by atoms with van der Waals surface area (Å²) in [7, 11) is 1.97. The molecule has 2 atom stereocenters. The number of aliphatic hydroxyl groups is 1. The van der Waals surface area contributed by atoms with Gasteiger partial charge in [0.25, 0.3) is 0 Å². The van der Waals surface area contributed by atoms with Crippen molar-refractivity contribution in [3.63, 3.8) is 0 Å². The summed E-state index contributed by atoms with van der Waals surface area (Å²) in [6.45, 7) is 0. The fourth-order valence-electron chi connectivity index (χ4n) is 2.52. The summed E-state index contributed by atoms with van der Waals surface area (Å²) in [5, 5.41) is 17.5. The Kier molecular flexibility index (Phi) is 3.81. The van der Waals surface area contributed by atoms with Crippen molar-refractivity contribution in [2.45, 2.75) is 37.8 Å². The quantitative estimate of drug-likeness (QED) is 0.552. The molecule has 2 rings (SSSR count). The Bertz CT molecular complexity index is 435. The van der Waals surface area contributed by atoms with Gasteiger partial charge in [-0.3, -0.25) is 10.4 Å². The highest BCUT2D eigenvalue weighted by molar-refractivity contribution is 5.93. The lowest BCUT2D eigenvalue weighted by Crippen LogP contribution is -2.43. The van der Waals surface area contributed by atoms with Crippen molar-refractivity contribution >= 4 is 11.5 Å². The number of nitrogens with one attached hydrogen (secondary N) is 1. The first-order valence-corrected chi connectivity index (χ1v) is 6.31. The van der Waals surface area contributed by atoms with Crippen molar-refractivity contribution in [3.8, 4) is 0 Å². The molecule has 0 radical (unpaired) electrons. The van der Waals surface area contributed by atoms with Gasteiger partial charge in [-0.1, -0.05) is 12.8 Å². The van der Waals surface area contributed by atoms with Gasteiger partial charge in [-0.2, -0.15) is 0 Å². The van der Waals surface area contributed by atoms with Crippen LogP contribution in [0, 0.1) is 5.41 Å². The third kappa shape index (κ3) is 2.61. The van der Waals surface area contributed by atoms with E-state index in [0.717, 1.165) is 31.4 Å². The van der Waals surface area contributed by atoms with Crippen LogP contribution in [0.4, 0.5) is 5.69 Å². The Balaban J connectivity index is 2.19. The number of rotatable bonds is 3. The van der Waals surface area contributed by atoms with E-state index in [1.165, 1.54) is 0 Å². The second-order valence-corrected chi connectivity index (χ2v) is 4.84. The molecule has 0 aromatic carbocycles. The zero-order valence-corrected chi connectivity index (χ0v) is 10.6. The zero-order chi connectivity index (χ0) is 13.1. The van der Waals surface area contributed by atoms with Gasteiger partial charge in [0, 0.05) is 18.9 Å². The smallest absolute Gasteiger partial charge is 0.141 e. The van der Waals surface area contributed by atoms with Crippen LogP contribution < -0.4 is 10.6 Å². The topological polar surface area (TPSA) is 86.2 Å². The number of pyridine rings is 1. The molecule has 5 heteroatoms. The van der Waals surface area contributed by atoms with Crippen LogP contribution in [0.3, 0.4) is 0 Å². The van der Waals surface area contributed by atoms with Gasteiger partial charge in [-0.25, -0.2) is 0 Å². The predicted octanol–water partition coefficient (Wildman–Crippen LogP) is 1.11. The lowest BCUT2D eigenvalue weighted by Gasteiger charge is -2.36. The maximum atomic E-state index is 10.1. The molecule has 0 saturated heterocycles. The molecule has 1 saturated carbocycles. The minimum Gasteiger partial charge on any atom is -0.391 e. The number of hydrogen-bond donors (Lipinski definition) is 3. The number of hydrogen-bond acceptors (Lipinski definition) is 4. The molecule has 0 spiro atoms. The number of aliphatic hydroxyl groups excluding tert-OH is 1. The van der Waals surface area contributed by atoms with Crippen LogP contribution in [0.1, 0.15) is 31.4 Å². The number of nitrogens with zero attached hydrogens (tertiary/aromatic N) is 2. The van der Waals surface area contributed by atoms with Gasteiger partial charge in [0.15, 0.2) is 0 Å². The lowest BCUT2D eigenvalue weighted by molar-refractivity contribution is 0.106. The molecule has 1 heterocycles. The van der Waals surface area contributed by atoms with E-state index in [1.54, 1.807) is 12.3 Å². The molecule has 1 aromatic rings. The standard InChI is InChI=1S/C13H20N4O/c1-17(11-4-2-3-5-12(11)18)9-6-7-16-10(8-9)13(14)15/h6-8,11-12,18H,2-5H2,1H3,(H3,14,15). The molecule has 2 unspecified atom stereocenters. The molecule has 1 aromatic heterocycles. The molecule has 0 aliphatic heterocycles. The highest BCUT2D eigenvalue weighted by Gasteiger charge is 2.26. The molecule has 0 amide bonds. The molecular weight excluding hydrogens is 228 g/mol. The molecule has 18 heavy (non-hydrogen) atoms. The summed E-state index contributed by atoms with van der Waals surface area (Å²) >= 11 is 0. The van der Waals surface area contributed by atoms with Gasteiger partial charge < -0.3 is 15.7 Å². The number of amidine groups is 1. The normalized spacial score (nSPS) is 23.7. The number of likely N-dealkylation sites (N-methyl/N-ethyl adjacent to an activating group) is 1. The zero-order valence-electron chi connectivity index (χ0n) is 10.6. The molecular formula is C13H20N4O. The van der Waals surface area contributed by atoms with Gasteiger partial charge in [0.1, 0.15) is 11.5 Å². The first-order chi connectivity index (χ1) is 8.59. The van der Waals surface area contributed by atoms with Crippen LogP contribution in [0.25, 0.3) is 0 Å². The number of nitrogens with two attached hydrogens (primary N) is 1. The average Bonchev–Trinajstić information content (AvgIpc) is 2.38. The van der Waals surface area contributed by atoms with Crippen LogP contribution in [-0.4, -0.2) is 35.1 Å². The molecule has 0 bridgehead atoms. The van der Waals surface area contributed by atoms with E-state index in [9.17, 15) is 5.11 Å². The Morgan fingerprint density at radius 3 is 2.89 bits per heavy atom. The summed E-state index contributed by atoms with van der Waals surface area (Å²) in [4.78, 5) is 6.11. The Morgan fingerprint density at radius 2 is 2.22 bits per heavy atom. The minimum absolute atomic E-state index is 0.0329. The van der Waals surface area contributed by atoms with Gasteiger partial charge in [0.05, 0.1) is 12.1 Å². The third-order valence-corrected chi connectivity index (χ3v) is 3.62. The number of aromatic nitrogens is 1. The van der Waals surface area contributed by atoms with E-state index in [-0.39, 0.29) is 18.0 Å². The summed E-state index contributed by atoms with van der Waals surface area (Å²) in [6.07, 6.45) is 5.47. The Hall–Kier alpha value is -1.62. The van der Waals surface area contributed by atoms with Crippen LogP contribution in [0.15, 0.2) is 18.3 Å². The molecule has 1 aliphatic rings. The highest BCUT2D eigenvalue weighted by atomic mass is 16.3. The summed E-state index contributed by atoms with van der Waals surface area (Å²) in [5.74, 6) is -0.0329. The fourth-order valence-corrected chi connectivity index (χ4v) is 2.52. The highest BCUT2D eigenvalue weighted by Crippen LogP contribution is 2.26. The summed E-state index contributed by atoms with van der Waals surface area (Å²) in [5.41, 5.74) is 6.86. The number of nitrogen functional groups attached to an aromatic ring is 1. The van der Waals surface area contributed by atoms with Gasteiger partial charge in [-0.05, 0) is 25.0 Å². The van der Waals surface area contributed by atoms with Crippen LogP contribution in [0.2, 0.25) is 0 Å². The van der Waals surface area contributed by atoms with Crippen LogP contribution in [-0.2, 0) is 0 Å². The maximum absolute atomic E-state index is 10.1. The van der Waals surface area contributed by atoms with E-state index in [4.69, 9.17) is 11.1 Å². The second-order valence-electron chi connectivity index (χ2n) is 4.84. The molecule has 98 valence electrons. The predicted molar refractivity (Wildman–Crippen MR) is 71.9 cm³/mol. The van der Waals surface area contributed by atoms with Gasteiger partial charge >= 0.3 is 0 Å². The van der Waals surface area contributed by atoms with Crippen molar-refractivity contribution < 1.29 is 5.11 Å². The van der Waals surface area contributed by atoms with Crippen LogP contribution in [0.5, 0.6) is 0 Å². The molecule has 1 fully saturated rings. The Morgan fingerprint density at radius 1 is 1.50 bits per heavy atom. The van der Waals surface area contributed by atoms with Crippen molar-refractivity contribution in [2.75, 3.05) is 11.9 Å². The van der Waals surface area contributed by atoms with Crippen molar-refractivity contribution in [1.29, 1.82) is 5.41 Å². The van der Waals surface area contributed by atoms with E-state index in [0.29, 0.717) is 5.69 Å². The summed E-state index contributed by atoms with van der Waals surface area (Å²) < 4.78 is 0. The minimum atomic E-state index is -0.280. The fraction of sp³-hybridized carbons (Fsp3) is 0.538. The SMILES string of the molecule is CN(c1ccnc(C(=N)N)c1)C1CCCCC1O. The van der Waals surface area contributed by atoms with Gasteiger partial charge in [-0.15, -0.1) is 0 Å². The van der Waals surface area contributed by atoms with Crippen molar-refractivity contribution in [3.05, 3.63) is 24.0 Å². The first kappa shape index (κ1) is 12.8. The largest absolute Gasteiger partial charge is 0.391 e. The van der Waals surface area contributed by atoms with Crippen LogP contribution >= 0.6 is 0 Å². The van der Waals surface area contributed by atoms with E-state index >= 15 is 0 Å². The van der Waals surface area contributed by atoms with E-state index < -0.39 is 0 Å². The third-order valence-electron chi connectivity index (χ3n) is 3.62. The first-order valence-electron chi connectivity index (χ1n) is 6.31. The maximum Gasteiger partial charge on any atom is 0.141 e. The summed E-state index contributed by atoms with van der Waals surface area (Å²) in [6, 6.07) is 3.82. The van der Waals surface area contributed by atoms with E-state index in [1.807, 2.05) is 13.1 Å². The Labute approximate surface area is 107 Å². The van der Waals surface area contributed by atoms with Gasteiger partial charge in [0.2, 0.25) is 0 Å². The second kappa shape index (κ2) is 5.35. The molecule has 5 nitrogen and oxygen atoms in total. The number of anilines is 1. The lowest BCUT2D eigenvalue weighted by atomic mass is 9.91.